The van der Waals surface area contributed by atoms with Crippen LogP contribution < -0.4 is 4.90 Å². The molecule has 2 bridgehead atoms. The van der Waals surface area contributed by atoms with Gasteiger partial charge in [0.15, 0.2) is 0 Å². The molecule has 7 aromatic carbocycles. The number of anilines is 3. The zero-order valence-electron chi connectivity index (χ0n) is 32.4. The van der Waals surface area contributed by atoms with E-state index in [1.165, 1.54) is 141 Å². The summed E-state index contributed by atoms with van der Waals surface area (Å²) in [5.74, 6) is 3.19. The fraction of sp³-hybridized carbons (Fsp3) is 0.296. The highest BCUT2D eigenvalue weighted by molar-refractivity contribution is 6.04. The van der Waals surface area contributed by atoms with Crippen molar-refractivity contribution < 1.29 is 0 Å². The van der Waals surface area contributed by atoms with Gasteiger partial charge in [0, 0.05) is 22.1 Å². The monoisotopic (exact) mass is 713 g/mol. The van der Waals surface area contributed by atoms with Gasteiger partial charge >= 0.3 is 0 Å². The fourth-order valence-electron chi connectivity index (χ4n) is 11.8. The van der Waals surface area contributed by atoms with Crippen molar-refractivity contribution in [3.05, 3.63) is 162 Å². The molecule has 3 saturated carbocycles. The minimum atomic E-state index is -0.173. The maximum atomic E-state index is 2.61. The van der Waals surface area contributed by atoms with E-state index in [4.69, 9.17) is 0 Å². The second-order valence-corrected chi connectivity index (χ2v) is 17.9. The minimum absolute atomic E-state index is 0.173. The third-order valence-corrected chi connectivity index (χ3v) is 14.5. The summed E-state index contributed by atoms with van der Waals surface area (Å²) >= 11 is 0. The van der Waals surface area contributed by atoms with Crippen molar-refractivity contribution in [3.8, 4) is 22.3 Å². The fourth-order valence-corrected chi connectivity index (χ4v) is 11.8. The van der Waals surface area contributed by atoms with Crippen molar-refractivity contribution in [1.29, 1.82) is 0 Å². The smallest absolute Gasteiger partial charge is 0.0543 e. The van der Waals surface area contributed by atoms with Gasteiger partial charge in [0.1, 0.15) is 0 Å². The number of hydrogen-bond donors (Lipinski definition) is 0. The molecule has 11 rings (SSSR count). The van der Waals surface area contributed by atoms with Crippen LogP contribution in [-0.2, 0) is 5.41 Å². The van der Waals surface area contributed by atoms with E-state index in [0.29, 0.717) is 11.8 Å². The van der Waals surface area contributed by atoms with Crippen molar-refractivity contribution >= 4 is 38.6 Å². The van der Waals surface area contributed by atoms with E-state index in [2.05, 4.69) is 158 Å². The second-order valence-electron chi connectivity index (χ2n) is 17.9. The molecule has 55 heavy (non-hydrogen) atoms. The first-order valence-corrected chi connectivity index (χ1v) is 21.2. The van der Waals surface area contributed by atoms with Crippen molar-refractivity contribution in [2.75, 3.05) is 4.90 Å². The Morgan fingerprint density at radius 1 is 0.545 bits per heavy atom. The molecule has 3 unspecified atom stereocenters. The Bertz CT molecular complexity index is 2580. The van der Waals surface area contributed by atoms with Crippen molar-refractivity contribution in [2.45, 2.75) is 88.9 Å². The van der Waals surface area contributed by atoms with Crippen LogP contribution in [0, 0.1) is 11.8 Å². The van der Waals surface area contributed by atoms with Crippen LogP contribution in [0.25, 0.3) is 43.8 Å². The molecule has 0 aliphatic heterocycles. The number of nitrogens with zero attached hydrogens (tertiary/aromatic N) is 1. The normalized spacial score (nSPS) is 21.2. The summed E-state index contributed by atoms with van der Waals surface area (Å²) in [6.07, 6.45) is 12.4. The van der Waals surface area contributed by atoms with E-state index >= 15 is 0 Å². The van der Waals surface area contributed by atoms with E-state index in [9.17, 15) is 0 Å². The standard InChI is InChI=1S/C54H51N/c1-54(2)49-17-9-8-16-46(49)47-29-30-51(52(53(47)54)43-22-21-37-13-6-7-14-39(37)34-43)55(44-26-23-38(24-27-44)48-32-35-19-20-42(48)31-35)50-18-10-15-41-33-40(25-28-45(41)50)36-11-4-3-5-12-36/h6-10,13-18,21-30,33-36,42,48H,3-5,11-12,19-20,31-32H2,1-2H3. The topological polar surface area (TPSA) is 3.24 Å². The molecule has 0 heterocycles. The Morgan fingerprint density at radius 2 is 1.33 bits per heavy atom. The molecule has 4 aliphatic rings. The minimum Gasteiger partial charge on any atom is -0.309 e. The summed E-state index contributed by atoms with van der Waals surface area (Å²) in [5.41, 5.74) is 14.7. The van der Waals surface area contributed by atoms with E-state index < -0.39 is 0 Å². The van der Waals surface area contributed by atoms with E-state index in [0.717, 1.165) is 11.8 Å². The highest BCUT2D eigenvalue weighted by Gasteiger charge is 2.41. The molecule has 1 nitrogen and oxygen atoms in total. The van der Waals surface area contributed by atoms with Crippen LogP contribution in [-0.4, -0.2) is 0 Å². The van der Waals surface area contributed by atoms with Crippen LogP contribution in [0.2, 0.25) is 0 Å². The molecule has 0 radical (unpaired) electrons. The summed E-state index contributed by atoms with van der Waals surface area (Å²) < 4.78 is 0. The predicted octanol–water partition coefficient (Wildman–Crippen LogP) is 15.4. The van der Waals surface area contributed by atoms with Crippen LogP contribution >= 0.6 is 0 Å². The predicted molar refractivity (Wildman–Crippen MR) is 233 cm³/mol. The molecule has 0 aromatic heterocycles. The van der Waals surface area contributed by atoms with Gasteiger partial charge in [-0.25, -0.2) is 0 Å². The van der Waals surface area contributed by atoms with Gasteiger partial charge in [-0.05, 0) is 141 Å². The summed E-state index contributed by atoms with van der Waals surface area (Å²) in [6, 6.07) is 54.1. The van der Waals surface area contributed by atoms with Crippen LogP contribution in [0.5, 0.6) is 0 Å². The Kier molecular flexibility index (Phi) is 7.84. The Balaban J connectivity index is 1.15. The van der Waals surface area contributed by atoms with Crippen LogP contribution in [0.1, 0.15) is 106 Å². The first-order chi connectivity index (χ1) is 27.0. The molecule has 3 fully saturated rings. The van der Waals surface area contributed by atoms with Gasteiger partial charge < -0.3 is 4.90 Å². The molecular formula is C54H51N. The van der Waals surface area contributed by atoms with Crippen molar-refractivity contribution in [3.63, 3.8) is 0 Å². The van der Waals surface area contributed by atoms with E-state index in [1.807, 2.05) is 0 Å². The second kappa shape index (κ2) is 13.0. The Labute approximate surface area is 327 Å². The average Bonchev–Trinajstić information content (AvgIpc) is 3.94. The van der Waals surface area contributed by atoms with Crippen LogP contribution in [0.3, 0.4) is 0 Å². The molecule has 0 N–H and O–H groups in total. The first-order valence-electron chi connectivity index (χ1n) is 21.2. The zero-order valence-corrected chi connectivity index (χ0v) is 32.4. The number of hydrogen-bond acceptors (Lipinski definition) is 1. The highest BCUT2D eigenvalue weighted by Crippen LogP contribution is 2.57. The Hall–Kier alpha value is -5.14. The Morgan fingerprint density at radius 3 is 2.15 bits per heavy atom. The summed E-state index contributed by atoms with van der Waals surface area (Å²) in [7, 11) is 0. The van der Waals surface area contributed by atoms with Gasteiger partial charge in [0.05, 0.1) is 11.4 Å². The molecule has 0 amide bonds. The lowest BCUT2D eigenvalue weighted by atomic mass is 9.78. The van der Waals surface area contributed by atoms with Gasteiger partial charge in [-0.2, -0.15) is 0 Å². The van der Waals surface area contributed by atoms with Gasteiger partial charge in [0.2, 0.25) is 0 Å². The molecule has 4 aliphatic carbocycles. The highest BCUT2D eigenvalue weighted by atomic mass is 15.1. The SMILES string of the molecule is CC1(C)c2ccccc2-c2ccc(N(c3ccc(C4CC5CCC4C5)cc3)c3cccc4cc(C5CCCCC5)ccc34)c(-c3ccc4ccccc4c3)c21. The lowest BCUT2D eigenvalue weighted by molar-refractivity contribution is 0.420. The summed E-state index contributed by atoms with van der Waals surface area (Å²) in [6.45, 7) is 4.87. The van der Waals surface area contributed by atoms with Crippen LogP contribution in [0.4, 0.5) is 17.1 Å². The summed E-state index contributed by atoms with van der Waals surface area (Å²) in [5, 5.41) is 5.20. The number of fused-ring (bicyclic) bond motifs is 7. The van der Waals surface area contributed by atoms with Crippen LogP contribution in [0.15, 0.2) is 140 Å². The number of rotatable bonds is 6. The van der Waals surface area contributed by atoms with E-state index in [1.54, 1.807) is 0 Å². The molecule has 3 atom stereocenters. The molecule has 0 saturated heterocycles. The lowest BCUT2D eigenvalue weighted by Gasteiger charge is -2.33. The summed E-state index contributed by atoms with van der Waals surface area (Å²) in [4.78, 5) is 2.61. The van der Waals surface area contributed by atoms with Gasteiger partial charge in [0.25, 0.3) is 0 Å². The van der Waals surface area contributed by atoms with Gasteiger partial charge in [-0.15, -0.1) is 0 Å². The molecule has 7 aromatic rings. The van der Waals surface area contributed by atoms with Crippen molar-refractivity contribution in [2.24, 2.45) is 11.8 Å². The molecule has 0 spiro atoms. The van der Waals surface area contributed by atoms with E-state index in [-0.39, 0.29) is 5.41 Å². The maximum absolute atomic E-state index is 2.61. The lowest BCUT2D eigenvalue weighted by Crippen LogP contribution is -2.19. The zero-order chi connectivity index (χ0) is 36.7. The quantitative estimate of drug-likeness (QED) is 0.166. The van der Waals surface area contributed by atoms with Crippen molar-refractivity contribution in [1.82, 2.24) is 0 Å². The first kappa shape index (κ1) is 33.2. The molecule has 1 heteroatoms. The van der Waals surface area contributed by atoms with Gasteiger partial charge in [-0.1, -0.05) is 149 Å². The largest absolute Gasteiger partial charge is 0.309 e. The third-order valence-electron chi connectivity index (χ3n) is 14.5. The maximum Gasteiger partial charge on any atom is 0.0543 e. The average molecular weight is 714 g/mol. The molecular weight excluding hydrogens is 663 g/mol. The van der Waals surface area contributed by atoms with Gasteiger partial charge in [-0.3, -0.25) is 0 Å². The number of benzene rings is 7. The molecule has 272 valence electrons. The third kappa shape index (κ3) is 5.41.